The van der Waals surface area contributed by atoms with Crippen LogP contribution in [0.2, 0.25) is 0 Å². The molecular weight excluding hydrogens is 801 g/mol. The molecule has 7 aromatic rings. The van der Waals surface area contributed by atoms with Crippen molar-refractivity contribution in [3.05, 3.63) is 206 Å². The molecule has 0 saturated heterocycles. The third kappa shape index (κ3) is 30.8. The van der Waals surface area contributed by atoms with Crippen molar-refractivity contribution in [3.63, 3.8) is 0 Å². The average Bonchev–Trinajstić information content (AvgIpc) is 3.36. The first-order valence-electron chi connectivity index (χ1n) is 21.5. The maximum Gasteiger partial charge on any atom is 0.230 e. The van der Waals surface area contributed by atoms with E-state index in [1.807, 2.05) is 168 Å². The largest absolute Gasteiger partial charge is 0.458 e. The smallest absolute Gasteiger partial charge is 0.230 e. The summed E-state index contributed by atoms with van der Waals surface area (Å²) in [6, 6.07) is 69.7. The van der Waals surface area contributed by atoms with Gasteiger partial charge in [0.25, 0.3) is 0 Å². The lowest BCUT2D eigenvalue weighted by Crippen LogP contribution is -2.05. The van der Waals surface area contributed by atoms with Gasteiger partial charge < -0.3 is 9.47 Å². The van der Waals surface area contributed by atoms with Gasteiger partial charge in [-0.25, -0.2) is 0 Å². The van der Waals surface area contributed by atoms with Gasteiger partial charge in [0.05, 0.1) is 0 Å². The number of hydrogen-bond acceptors (Lipinski definition) is 5. The van der Waals surface area contributed by atoms with Crippen LogP contribution < -0.4 is 9.47 Å². The molecule has 0 spiro atoms. The van der Waals surface area contributed by atoms with E-state index in [0.717, 1.165) is 11.5 Å². The molecule has 0 saturated carbocycles. The molecule has 0 aliphatic carbocycles. The van der Waals surface area contributed by atoms with Crippen molar-refractivity contribution in [3.8, 4) is 11.5 Å². The highest BCUT2D eigenvalue weighted by molar-refractivity contribution is 8.00. The topological polar surface area (TPSA) is 18.5 Å². The molecule has 7 rings (SSSR count). The van der Waals surface area contributed by atoms with Gasteiger partial charge in [-0.05, 0) is 97.1 Å². The lowest BCUT2D eigenvalue weighted by molar-refractivity contribution is 0.120. The molecule has 0 aromatic heterocycles. The van der Waals surface area contributed by atoms with Gasteiger partial charge in [0.15, 0.2) is 0 Å². The molecule has 0 bridgehead atoms. The third-order valence-corrected chi connectivity index (χ3v) is 9.49. The Morgan fingerprint density at radius 1 is 0.246 bits per heavy atom. The number of ether oxygens (including phenoxy) is 2. The van der Waals surface area contributed by atoms with E-state index < -0.39 is 0 Å². The van der Waals surface area contributed by atoms with Crippen LogP contribution in [0, 0.1) is 0 Å². The van der Waals surface area contributed by atoms with Crippen molar-refractivity contribution >= 4 is 35.3 Å². The van der Waals surface area contributed by atoms with Crippen LogP contribution in [-0.2, 0) is 0 Å². The van der Waals surface area contributed by atoms with E-state index in [9.17, 15) is 0 Å². The van der Waals surface area contributed by atoms with Crippen LogP contribution in [0.5, 0.6) is 11.5 Å². The molecule has 0 aliphatic rings. The predicted molar refractivity (Wildman–Crippen MR) is 278 cm³/mol. The highest BCUT2D eigenvalue weighted by Crippen LogP contribution is 2.32. The minimum atomic E-state index is 0. The summed E-state index contributed by atoms with van der Waals surface area (Å²) in [4.78, 5) is 7.66. The molecule has 0 amide bonds. The normalized spacial score (nSPS) is 8.46. The number of benzene rings is 7. The van der Waals surface area contributed by atoms with Gasteiger partial charge in [-0.15, -0.1) is 0 Å². The van der Waals surface area contributed by atoms with E-state index in [1.54, 1.807) is 35.3 Å². The van der Waals surface area contributed by atoms with Gasteiger partial charge in [-0.1, -0.05) is 235 Å². The summed E-state index contributed by atoms with van der Waals surface area (Å²) in [5, 5.41) is 0. The molecule has 0 unspecified atom stereocenters. The van der Waals surface area contributed by atoms with Crippen molar-refractivity contribution < 1.29 is 9.47 Å². The Kier molecular flexibility index (Phi) is 45.9. The van der Waals surface area contributed by atoms with Crippen molar-refractivity contribution in [1.29, 1.82) is 0 Å². The van der Waals surface area contributed by atoms with Crippen molar-refractivity contribution in [2.24, 2.45) is 0 Å². The third-order valence-electron chi connectivity index (χ3n) is 6.44. The van der Waals surface area contributed by atoms with Crippen LogP contribution in [-0.4, -0.2) is 6.79 Å². The fourth-order valence-corrected chi connectivity index (χ4v) is 6.67. The first-order chi connectivity index (χ1) is 29.8. The van der Waals surface area contributed by atoms with E-state index in [4.69, 9.17) is 9.47 Å². The molecule has 0 atom stereocenters. The number of hydrogen-bond donors (Lipinski definition) is 0. The molecule has 2 nitrogen and oxygen atoms in total. The molecule has 0 fully saturated rings. The standard InChI is InChI=1S/C18H14S2.C13H12O2.C12H10S.6C2H6.CH4/c1-3-7-15(8-4-1)19-17-11-13-18(14-12-17)20-16-9-5-2-6-10-16;1-3-7-12(8-4-1)14-11-15-13-9-5-2-6-10-13;1-3-7-11(8-4-1)13-12-9-5-2-6-10-12;6*1-2;/h1-14H;1-10H,11H2;1-10H;6*1-2H3;1H4. The number of rotatable bonds is 10. The molecule has 61 heavy (non-hydrogen) atoms. The van der Waals surface area contributed by atoms with Crippen molar-refractivity contribution in [1.82, 2.24) is 0 Å². The molecular formula is C56H76O2S3. The monoisotopic (exact) mass is 877 g/mol. The lowest BCUT2D eigenvalue weighted by atomic mass is 10.3. The molecule has 5 heteroatoms. The zero-order chi connectivity index (χ0) is 44.9. The first kappa shape index (κ1) is 60.5. The first-order valence-corrected chi connectivity index (χ1v) is 23.9. The van der Waals surface area contributed by atoms with Crippen LogP contribution in [0.25, 0.3) is 0 Å². The van der Waals surface area contributed by atoms with Gasteiger partial charge in [0.2, 0.25) is 6.79 Å². The minimum absolute atomic E-state index is 0. The highest BCUT2D eigenvalue weighted by Gasteiger charge is 2.00. The Morgan fingerprint density at radius 2 is 0.410 bits per heavy atom. The van der Waals surface area contributed by atoms with Gasteiger partial charge >= 0.3 is 0 Å². The lowest BCUT2D eigenvalue weighted by Gasteiger charge is -2.07. The summed E-state index contributed by atoms with van der Waals surface area (Å²) in [5.41, 5.74) is 0. The number of para-hydroxylation sites is 2. The predicted octanol–water partition coefficient (Wildman–Crippen LogP) is 19.7. The Morgan fingerprint density at radius 3 is 0.607 bits per heavy atom. The van der Waals surface area contributed by atoms with Crippen LogP contribution in [0.15, 0.2) is 236 Å². The highest BCUT2D eigenvalue weighted by atomic mass is 32.2. The van der Waals surface area contributed by atoms with E-state index in [2.05, 4.69) is 121 Å². The van der Waals surface area contributed by atoms with Gasteiger partial charge in [-0.2, -0.15) is 0 Å². The molecule has 7 aromatic carbocycles. The van der Waals surface area contributed by atoms with Crippen molar-refractivity contribution in [2.45, 2.75) is 120 Å². The molecule has 0 heterocycles. The van der Waals surface area contributed by atoms with Gasteiger partial charge in [0, 0.05) is 29.4 Å². The Bertz CT molecular complexity index is 1690. The summed E-state index contributed by atoms with van der Waals surface area (Å²) >= 11 is 5.37. The minimum Gasteiger partial charge on any atom is -0.458 e. The maximum absolute atomic E-state index is 5.39. The summed E-state index contributed by atoms with van der Waals surface area (Å²) in [6.45, 7) is 24.2. The van der Waals surface area contributed by atoms with Crippen LogP contribution >= 0.6 is 35.3 Å². The summed E-state index contributed by atoms with van der Waals surface area (Å²) in [5.74, 6) is 1.63. The molecule has 0 radical (unpaired) electrons. The summed E-state index contributed by atoms with van der Waals surface area (Å²) in [7, 11) is 0. The van der Waals surface area contributed by atoms with Gasteiger partial charge in [0.1, 0.15) is 11.5 Å². The Labute approximate surface area is 387 Å². The second-order valence-electron chi connectivity index (χ2n) is 10.1. The second kappa shape index (κ2) is 46.3. The molecule has 0 aliphatic heterocycles. The SMILES string of the molecule is C.CC.CC.CC.CC.CC.CC.c1ccc(OCOc2ccccc2)cc1.c1ccc(Sc2ccc(Sc3ccccc3)cc2)cc1.c1ccc(Sc2ccccc2)cc1. The molecule has 0 N–H and O–H groups in total. The quantitative estimate of drug-likeness (QED) is 0.127. The van der Waals surface area contributed by atoms with E-state index in [0.29, 0.717) is 0 Å². The summed E-state index contributed by atoms with van der Waals surface area (Å²) < 4.78 is 10.8. The Balaban J connectivity index is -0.000000741. The van der Waals surface area contributed by atoms with E-state index in [-0.39, 0.29) is 14.2 Å². The fraction of sp³-hybridized carbons (Fsp3) is 0.250. The van der Waals surface area contributed by atoms with Crippen LogP contribution in [0.3, 0.4) is 0 Å². The second-order valence-corrected chi connectivity index (χ2v) is 13.5. The van der Waals surface area contributed by atoms with Crippen LogP contribution in [0.1, 0.15) is 90.5 Å². The van der Waals surface area contributed by atoms with Crippen molar-refractivity contribution in [2.75, 3.05) is 6.79 Å². The van der Waals surface area contributed by atoms with Gasteiger partial charge in [-0.3, -0.25) is 0 Å². The molecule has 330 valence electrons. The fourth-order valence-electron chi connectivity index (χ4n) is 4.14. The Hall–Kier alpha value is -4.81. The average molecular weight is 877 g/mol. The zero-order valence-electron chi connectivity index (χ0n) is 38.4. The maximum atomic E-state index is 5.39. The van der Waals surface area contributed by atoms with E-state index in [1.165, 1.54) is 29.4 Å². The zero-order valence-corrected chi connectivity index (χ0v) is 40.8. The van der Waals surface area contributed by atoms with Crippen LogP contribution in [0.4, 0.5) is 0 Å². The van der Waals surface area contributed by atoms with E-state index >= 15 is 0 Å². The summed E-state index contributed by atoms with van der Waals surface area (Å²) in [6.07, 6.45) is 0.